The van der Waals surface area contributed by atoms with Crippen molar-refractivity contribution in [1.29, 1.82) is 0 Å². The molecular formula is C34H67N2O24P3. The number of amides is 2. The second-order valence-electron chi connectivity index (χ2n) is 11.1. The lowest BCUT2D eigenvalue weighted by Gasteiger charge is -2.15. The molecule has 0 aromatic rings. The van der Waals surface area contributed by atoms with Crippen molar-refractivity contribution in [1.82, 2.24) is 10.6 Å². The summed E-state index contributed by atoms with van der Waals surface area (Å²) in [5, 5.41) is 67.0. The number of carbonyl (C=O) groups excluding carboxylic acids is 6. The van der Waals surface area contributed by atoms with Gasteiger partial charge in [0.2, 0.25) is 18.5 Å². The molecule has 0 saturated carbocycles. The molecule has 2 amide bonds. The molecule has 6 unspecified atom stereocenters. The number of carboxylic acid groups (broad SMARTS) is 4. The van der Waals surface area contributed by atoms with Gasteiger partial charge in [-0.1, -0.05) is 0 Å². The molecular weight excluding hydrogens is 913 g/mol. The molecule has 0 aliphatic rings. The monoisotopic (exact) mass is 980 g/mol. The zero-order valence-corrected chi connectivity index (χ0v) is 40.0. The Kier molecular flexibility index (Phi) is 60.8. The number of carboxylic acids is 4. The number of carbonyl (C=O) groups is 10. The van der Waals surface area contributed by atoms with E-state index in [0.29, 0.717) is 19.3 Å². The highest BCUT2D eigenvalue weighted by molar-refractivity contribution is 7.16. The highest BCUT2D eigenvalue weighted by atomic mass is 31.0. The molecule has 0 aromatic carbocycles. The van der Waals surface area contributed by atoms with Crippen molar-refractivity contribution in [3.63, 3.8) is 0 Å². The zero-order valence-electron chi connectivity index (χ0n) is 36.5. The van der Waals surface area contributed by atoms with Crippen LogP contribution in [0.2, 0.25) is 0 Å². The van der Waals surface area contributed by atoms with Gasteiger partial charge in [0.25, 0.3) is 0 Å². The fraction of sp³-hybridized carbons (Fsp3) is 0.706. The Labute approximate surface area is 372 Å². The average Bonchev–Trinajstić information content (AvgIpc) is 3.10. The number of ether oxygens (including phenoxy) is 6. The topological polar surface area (TPSA) is 412 Å². The van der Waals surface area contributed by atoms with Crippen molar-refractivity contribution >= 4 is 87.1 Å². The van der Waals surface area contributed by atoms with E-state index in [9.17, 15) is 47.9 Å². The number of alkyl carbamates (subject to hydrolysis) is 1. The number of hydrogen-bond donors (Lipinski definition) is 10. The fourth-order valence-electron chi connectivity index (χ4n) is 2.40. The summed E-state index contributed by atoms with van der Waals surface area (Å²) >= 11 is 0. The summed E-state index contributed by atoms with van der Waals surface area (Å²) in [5.74, 6) is -6.96. The van der Waals surface area contributed by atoms with Crippen LogP contribution in [0.5, 0.6) is 0 Å². The van der Waals surface area contributed by atoms with Gasteiger partial charge in [0.05, 0.1) is 6.67 Å². The molecule has 0 aliphatic carbocycles. The molecule has 63 heavy (non-hydrogen) atoms. The number of rotatable bonds is 22. The molecule has 29 heteroatoms. The van der Waals surface area contributed by atoms with Gasteiger partial charge < -0.3 is 79.9 Å². The van der Waals surface area contributed by atoms with Crippen molar-refractivity contribution in [2.45, 2.75) is 111 Å². The highest BCUT2D eigenvalue weighted by Crippen LogP contribution is 2.04. The van der Waals surface area contributed by atoms with Crippen molar-refractivity contribution in [3.05, 3.63) is 0 Å². The standard InChI is InChI=1S/C8H17N2O4P.C8H15O4P.C7H12O4.2C3H4O4.C3H9O2P.C2H6O2/c1-6(11)9-5-10-8(12)14-7(13-2)3-4-15;1-6(9)5-7(10)12-8(11-2)3-4-13;1-5(8)4-7(9)11-6(2)10-3;2*4-2(5)1-3(6)7;4-3(5)1-2-6;1-2(3)4/h7H,3-5,15H2,1-2H3,(H,9,11)(H,10,12);8H,3-5,13H2,1-2H3;6H,4H2,1-3H3;2*1H2,(H,4,5)(H,6,7);3-5H,1-2,6H2;2-4H,1H3. The molecule has 0 rings (SSSR count). The summed E-state index contributed by atoms with van der Waals surface area (Å²) in [6.07, 6.45) is -2.59. The predicted molar refractivity (Wildman–Crippen MR) is 229 cm³/mol. The largest absolute Gasteiger partial charge is 0.481 e. The number of aliphatic hydroxyl groups is 4. The van der Waals surface area contributed by atoms with Gasteiger partial charge in [0.15, 0.2) is 12.6 Å². The third kappa shape index (κ3) is 89.8. The molecule has 0 aliphatic heterocycles. The van der Waals surface area contributed by atoms with E-state index in [1.54, 1.807) is 6.92 Å². The van der Waals surface area contributed by atoms with Gasteiger partial charge in [0, 0.05) is 47.5 Å². The van der Waals surface area contributed by atoms with Crippen LogP contribution in [-0.2, 0) is 71.6 Å². The Morgan fingerprint density at radius 2 is 0.841 bits per heavy atom. The molecule has 0 saturated heterocycles. The van der Waals surface area contributed by atoms with E-state index in [1.165, 1.54) is 49.0 Å². The molecule has 0 fully saturated rings. The van der Waals surface area contributed by atoms with Crippen LogP contribution in [0.15, 0.2) is 0 Å². The van der Waals surface area contributed by atoms with Crippen LogP contribution in [0.1, 0.15) is 79.6 Å². The van der Waals surface area contributed by atoms with Crippen LogP contribution in [0, 0.1) is 0 Å². The maximum atomic E-state index is 11.1. The molecule has 0 bridgehead atoms. The van der Waals surface area contributed by atoms with E-state index >= 15 is 0 Å². The molecule has 6 atom stereocenters. The molecule has 0 radical (unpaired) electrons. The van der Waals surface area contributed by atoms with Crippen LogP contribution >= 0.6 is 27.7 Å². The van der Waals surface area contributed by atoms with Crippen molar-refractivity contribution < 1.29 is 117 Å². The smallest absolute Gasteiger partial charge is 0.410 e. The van der Waals surface area contributed by atoms with Crippen LogP contribution < -0.4 is 10.6 Å². The Bertz CT molecular complexity index is 1220. The first-order chi connectivity index (χ1) is 29.0. The first-order valence-electron chi connectivity index (χ1n) is 17.9. The summed E-state index contributed by atoms with van der Waals surface area (Å²) in [5.41, 5.74) is 0. The minimum Gasteiger partial charge on any atom is -0.481 e. The van der Waals surface area contributed by atoms with Gasteiger partial charge in [-0.2, -0.15) is 0 Å². The quantitative estimate of drug-likeness (QED) is 0.0210. The molecule has 0 heterocycles. The van der Waals surface area contributed by atoms with Gasteiger partial charge in [0.1, 0.15) is 43.5 Å². The maximum Gasteiger partial charge on any atom is 0.410 e. The first kappa shape index (κ1) is 73.3. The van der Waals surface area contributed by atoms with E-state index in [4.69, 9.17) is 59.8 Å². The fourth-order valence-corrected chi connectivity index (χ4v) is 3.24. The molecule has 10 N–H and O–H groups in total. The van der Waals surface area contributed by atoms with Crippen molar-refractivity contribution in [2.75, 3.05) is 46.5 Å². The summed E-state index contributed by atoms with van der Waals surface area (Å²) in [7, 11) is 11.8. The van der Waals surface area contributed by atoms with E-state index in [2.05, 4.69) is 47.8 Å². The molecule has 372 valence electrons. The van der Waals surface area contributed by atoms with Gasteiger partial charge in [-0.3, -0.25) is 43.2 Å². The minimum atomic E-state index is -1.31. The Balaban J connectivity index is -0.000000121. The van der Waals surface area contributed by atoms with Crippen molar-refractivity contribution in [3.8, 4) is 0 Å². The van der Waals surface area contributed by atoms with Gasteiger partial charge in [-0.15, -0.1) is 27.7 Å². The number of nitrogens with one attached hydrogen (secondary N) is 2. The van der Waals surface area contributed by atoms with Crippen LogP contribution in [0.4, 0.5) is 4.79 Å². The SMILES string of the molecule is CC(O)O.COC(C)OC(=O)CC(C)=O.COC(CCP)OC(=O)CC(C)=O.COC(CCP)OC(=O)NCNC(C)=O.O=C(O)CC(=O)O.O=C(O)CC(=O)O.OC(O)CCP. The van der Waals surface area contributed by atoms with E-state index in [1.807, 2.05) is 0 Å². The van der Waals surface area contributed by atoms with Crippen LogP contribution in [0.25, 0.3) is 0 Å². The first-order valence-corrected chi connectivity index (χ1v) is 20.3. The number of aliphatic hydroxyl groups excluding tert-OH is 2. The molecule has 26 nitrogen and oxygen atoms in total. The minimum absolute atomic E-state index is 0.0471. The Hall–Kier alpha value is -4.09. The van der Waals surface area contributed by atoms with Crippen LogP contribution in [0.3, 0.4) is 0 Å². The average molecular weight is 981 g/mol. The summed E-state index contributed by atoms with van der Waals surface area (Å²) in [6, 6.07) is 0. The number of aliphatic carboxylic acids is 4. The molecule has 0 spiro atoms. The van der Waals surface area contributed by atoms with E-state index in [0.717, 1.165) is 18.5 Å². The number of ketones is 2. The second-order valence-corrected chi connectivity index (χ2v) is 12.9. The Morgan fingerprint density at radius 3 is 1.06 bits per heavy atom. The lowest BCUT2D eigenvalue weighted by Crippen LogP contribution is -2.38. The number of Topliss-reactive ketones (excluding diaryl/α,β-unsaturated/α-hetero) is 2. The normalized spacial score (nSPS) is 10.7. The third-order valence-corrected chi connectivity index (χ3v) is 5.85. The molecule has 0 aromatic heterocycles. The van der Waals surface area contributed by atoms with Crippen LogP contribution in [-0.4, -0.2) is 178 Å². The van der Waals surface area contributed by atoms with Gasteiger partial charge >= 0.3 is 41.9 Å². The van der Waals surface area contributed by atoms with Gasteiger partial charge in [-0.05, 0) is 46.2 Å². The lowest BCUT2D eigenvalue weighted by atomic mass is 10.3. The van der Waals surface area contributed by atoms with Crippen molar-refractivity contribution in [2.24, 2.45) is 0 Å². The zero-order chi connectivity index (χ0) is 51.1. The summed E-state index contributed by atoms with van der Waals surface area (Å²) in [4.78, 5) is 102. The third-order valence-electron chi connectivity index (χ3n) is 4.85. The lowest BCUT2D eigenvalue weighted by molar-refractivity contribution is -0.174. The number of methoxy groups -OCH3 is 3. The second kappa shape index (κ2) is 52.3. The highest BCUT2D eigenvalue weighted by Gasteiger charge is 2.14. The summed E-state index contributed by atoms with van der Waals surface area (Å²) < 4.78 is 28.8. The predicted octanol–water partition coefficient (Wildman–Crippen LogP) is -0.738. The number of esters is 2. The van der Waals surface area contributed by atoms with E-state index in [-0.39, 0.29) is 37.0 Å². The van der Waals surface area contributed by atoms with Gasteiger partial charge in [-0.25, -0.2) is 4.79 Å². The Morgan fingerprint density at radius 1 is 0.508 bits per heavy atom. The maximum absolute atomic E-state index is 11.1. The summed E-state index contributed by atoms with van der Waals surface area (Å²) in [6.45, 7) is 6.94. The number of hydrogen-bond acceptors (Lipinski definition) is 20. The van der Waals surface area contributed by atoms with E-state index < -0.39 is 86.2 Å².